The highest BCUT2D eigenvalue weighted by molar-refractivity contribution is 5.34. The van der Waals surface area contributed by atoms with Crippen molar-refractivity contribution in [3.05, 3.63) is 29.8 Å². The van der Waals surface area contributed by atoms with Crippen molar-refractivity contribution in [3.63, 3.8) is 0 Å². The molecule has 0 bridgehead atoms. The van der Waals surface area contributed by atoms with Gasteiger partial charge >= 0.3 is 0 Å². The minimum Gasteiger partial charge on any atom is -0.491 e. The van der Waals surface area contributed by atoms with Gasteiger partial charge in [0.05, 0.1) is 24.8 Å². The van der Waals surface area contributed by atoms with E-state index in [4.69, 9.17) is 14.7 Å². The SMILES string of the molecule is N#Cc1ccc(OC[C@H](O)CN2CCOCC2)cc1. The number of aliphatic hydroxyl groups excluding tert-OH is 1. The smallest absolute Gasteiger partial charge is 0.119 e. The van der Waals surface area contributed by atoms with E-state index in [1.54, 1.807) is 24.3 Å². The van der Waals surface area contributed by atoms with Crippen LogP contribution in [0.3, 0.4) is 0 Å². The number of nitriles is 1. The third-order valence-electron chi connectivity index (χ3n) is 3.00. The highest BCUT2D eigenvalue weighted by Gasteiger charge is 2.15. The molecular formula is C14H18N2O3. The summed E-state index contributed by atoms with van der Waals surface area (Å²) in [5, 5.41) is 18.6. The Hall–Kier alpha value is -1.61. The minimum atomic E-state index is -0.520. The van der Waals surface area contributed by atoms with Gasteiger partial charge in [-0.15, -0.1) is 0 Å². The van der Waals surface area contributed by atoms with Crippen molar-refractivity contribution in [2.45, 2.75) is 6.10 Å². The molecule has 0 aliphatic carbocycles. The van der Waals surface area contributed by atoms with Crippen LogP contribution in [0.15, 0.2) is 24.3 Å². The lowest BCUT2D eigenvalue weighted by molar-refractivity contribution is 0.00465. The third kappa shape index (κ3) is 4.52. The van der Waals surface area contributed by atoms with Crippen LogP contribution in [-0.4, -0.2) is 55.6 Å². The normalized spacial score (nSPS) is 17.7. The van der Waals surface area contributed by atoms with Crippen LogP contribution in [-0.2, 0) is 4.74 Å². The van der Waals surface area contributed by atoms with E-state index < -0.39 is 6.10 Å². The van der Waals surface area contributed by atoms with Crippen LogP contribution in [0.4, 0.5) is 0 Å². The summed E-state index contributed by atoms with van der Waals surface area (Å²) >= 11 is 0. The van der Waals surface area contributed by atoms with Crippen LogP contribution in [0.25, 0.3) is 0 Å². The maximum Gasteiger partial charge on any atom is 0.119 e. The summed E-state index contributed by atoms with van der Waals surface area (Å²) in [7, 11) is 0. The Balaban J connectivity index is 1.73. The number of rotatable bonds is 5. The molecule has 0 unspecified atom stereocenters. The summed E-state index contributed by atoms with van der Waals surface area (Å²) in [5.74, 6) is 0.667. The highest BCUT2D eigenvalue weighted by Crippen LogP contribution is 2.12. The van der Waals surface area contributed by atoms with Crippen molar-refractivity contribution in [3.8, 4) is 11.8 Å². The van der Waals surface area contributed by atoms with E-state index in [0.717, 1.165) is 26.3 Å². The molecule has 1 aliphatic rings. The van der Waals surface area contributed by atoms with Crippen LogP contribution in [0.5, 0.6) is 5.75 Å². The van der Waals surface area contributed by atoms with E-state index in [0.29, 0.717) is 17.9 Å². The van der Waals surface area contributed by atoms with Gasteiger partial charge in [-0.1, -0.05) is 0 Å². The first-order valence-electron chi connectivity index (χ1n) is 6.39. The van der Waals surface area contributed by atoms with Crippen molar-refractivity contribution < 1.29 is 14.6 Å². The molecule has 1 saturated heterocycles. The van der Waals surface area contributed by atoms with E-state index in [1.165, 1.54) is 0 Å². The molecule has 19 heavy (non-hydrogen) atoms. The standard InChI is InChI=1S/C14H18N2O3/c15-9-12-1-3-14(4-2-12)19-11-13(17)10-16-5-7-18-8-6-16/h1-4,13,17H,5-8,10-11H2/t13-/m1/s1. The molecule has 1 N–H and O–H groups in total. The lowest BCUT2D eigenvalue weighted by atomic mass is 10.2. The predicted molar refractivity (Wildman–Crippen MR) is 69.9 cm³/mol. The fourth-order valence-electron chi connectivity index (χ4n) is 1.95. The number of β-amino-alcohol motifs (C(OH)–C–C–N with tert-alkyl or cyclic N) is 1. The zero-order valence-electron chi connectivity index (χ0n) is 10.8. The average molecular weight is 262 g/mol. The molecule has 0 amide bonds. The van der Waals surface area contributed by atoms with Gasteiger partial charge in [0, 0.05) is 19.6 Å². The minimum absolute atomic E-state index is 0.253. The van der Waals surface area contributed by atoms with E-state index >= 15 is 0 Å². The average Bonchev–Trinajstić information content (AvgIpc) is 2.47. The second-order valence-electron chi connectivity index (χ2n) is 4.51. The molecule has 0 spiro atoms. The van der Waals surface area contributed by atoms with Crippen molar-refractivity contribution in [2.75, 3.05) is 39.5 Å². The summed E-state index contributed by atoms with van der Waals surface area (Å²) in [5.41, 5.74) is 0.598. The van der Waals surface area contributed by atoms with Crippen LogP contribution in [0.2, 0.25) is 0 Å². The third-order valence-corrected chi connectivity index (χ3v) is 3.00. The van der Waals surface area contributed by atoms with Gasteiger partial charge in [-0.3, -0.25) is 4.90 Å². The van der Waals surface area contributed by atoms with Gasteiger partial charge in [0.1, 0.15) is 18.5 Å². The largest absolute Gasteiger partial charge is 0.491 e. The Morgan fingerprint density at radius 1 is 1.32 bits per heavy atom. The monoisotopic (exact) mass is 262 g/mol. The molecule has 1 heterocycles. The van der Waals surface area contributed by atoms with E-state index in [9.17, 15) is 5.11 Å². The topological polar surface area (TPSA) is 65.7 Å². The van der Waals surface area contributed by atoms with E-state index in [2.05, 4.69) is 4.90 Å². The molecule has 102 valence electrons. The van der Waals surface area contributed by atoms with Crippen molar-refractivity contribution in [1.82, 2.24) is 4.90 Å². The van der Waals surface area contributed by atoms with Gasteiger partial charge in [-0.2, -0.15) is 5.26 Å². The molecule has 0 saturated carbocycles. The van der Waals surface area contributed by atoms with Crippen LogP contribution in [0.1, 0.15) is 5.56 Å². The van der Waals surface area contributed by atoms with Gasteiger partial charge < -0.3 is 14.6 Å². The van der Waals surface area contributed by atoms with Crippen LogP contribution < -0.4 is 4.74 Å². The fourth-order valence-corrected chi connectivity index (χ4v) is 1.95. The molecule has 1 aromatic carbocycles. The number of hydrogen-bond donors (Lipinski definition) is 1. The zero-order chi connectivity index (χ0) is 13.5. The Morgan fingerprint density at radius 2 is 2.00 bits per heavy atom. The first-order chi connectivity index (χ1) is 9.28. The number of morpholine rings is 1. The molecule has 1 atom stereocenters. The van der Waals surface area contributed by atoms with Gasteiger partial charge in [0.2, 0.25) is 0 Å². The second-order valence-corrected chi connectivity index (χ2v) is 4.51. The van der Waals surface area contributed by atoms with Crippen molar-refractivity contribution in [1.29, 1.82) is 5.26 Å². The summed E-state index contributed by atoms with van der Waals surface area (Å²) in [6.45, 7) is 4.01. The summed E-state index contributed by atoms with van der Waals surface area (Å²) in [6.07, 6.45) is -0.520. The fraction of sp³-hybridized carbons (Fsp3) is 0.500. The second kappa shape index (κ2) is 7.10. The van der Waals surface area contributed by atoms with Gasteiger partial charge in [-0.05, 0) is 24.3 Å². The molecule has 5 nitrogen and oxygen atoms in total. The van der Waals surface area contributed by atoms with Crippen LogP contribution in [0, 0.1) is 11.3 Å². The van der Waals surface area contributed by atoms with Crippen LogP contribution >= 0.6 is 0 Å². The van der Waals surface area contributed by atoms with Gasteiger partial charge in [0.15, 0.2) is 0 Å². The molecule has 0 aromatic heterocycles. The Bertz CT molecular complexity index is 421. The molecule has 5 heteroatoms. The summed E-state index contributed by atoms with van der Waals surface area (Å²) in [4.78, 5) is 2.16. The number of aliphatic hydroxyl groups is 1. The highest BCUT2D eigenvalue weighted by atomic mass is 16.5. The van der Waals surface area contributed by atoms with Crippen molar-refractivity contribution in [2.24, 2.45) is 0 Å². The molecule has 1 aliphatic heterocycles. The predicted octanol–water partition coefficient (Wildman–Crippen LogP) is 0.630. The number of hydrogen-bond acceptors (Lipinski definition) is 5. The van der Waals surface area contributed by atoms with Crippen molar-refractivity contribution >= 4 is 0 Å². The molecule has 0 radical (unpaired) electrons. The maximum absolute atomic E-state index is 9.90. The molecule has 1 aromatic rings. The Kier molecular flexibility index (Phi) is 5.16. The summed E-state index contributed by atoms with van der Waals surface area (Å²) < 4.78 is 10.7. The number of ether oxygens (including phenoxy) is 2. The quantitative estimate of drug-likeness (QED) is 0.843. The first kappa shape index (κ1) is 13.8. The Morgan fingerprint density at radius 3 is 2.63 bits per heavy atom. The van der Waals surface area contributed by atoms with Gasteiger partial charge in [-0.25, -0.2) is 0 Å². The Labute approximate surface area is 113 Å². The zero-order valence-corrected chi connectivity index (χ0v) is 10.8. The van der Waals surface area contributed by atoms with E-state index in [1.807, 2.05) is 6.07 Å². The number of nitrogens with zero attached hydrogens (tertiary/aromatic N) is 2. The maximum atomic E-state index is 9.90. The van der Waals surface area contributed by atoms with E-state index in [-0.39, 0.29) is 6.61 Å². The molecular weight excluding hydrogens is 244 g/mol. The van der Waals surface area contributed by atoms with Gasteiger partial charge in [0.25, 0.3) is 0 Å². The first-order valence-corrected chi connectivity index (χ1v) is 6.39. The summed E-state index contributed by atoms with van der Waals surface area (Å²) in [6, 6.07) is 8.92. The molecule has 1 fully saturated rings. The number of benzene rings is 1. The molecule has 2 rings (SSSR count). The lowest BCUT2D eigenvalue weighted by Crippen LogP contribution is -2.42. The lowest BCUT2D eigenvalue weighted by Gasteiger charge is -2.28.